The van der Waals surface area contributed by atoms with E-state index in [1.807, 2.05) is 24.3 Å². The summed E-state index contributed by atoms with van der Waals surface area (Å²) >= 11 is 0. The number of nitrogens with zero attached hydrogens (tertiary/aromatic N) is 3. The van der Waals surface area contributed by atoms with Crippen molar-refractivity contribution in [3.63, 3.8) is 0 Å². The fourth-order valence-corrected chi connectivity index (χ4v) is 3.25. The first-order valence-electron chi connectivity index (χ1n) is 6.88. The van der Waals surface area contributed by atoms with Crippen LogP contribution in [0.1, 0.15) is 0 Å². The van der Waals surface area contributed by atoms with Crippen molar-refractivity contribution in [1.29, 1.82) is 0 Å². The Labute approximate surface area is 132 Å². The van der Waals surface area contributed by atoms with E-state index in [2.05, 4.69) is 10.3 Å². The van der Waals surface area contributed by atoms with Crippen molar-refractivity contribution in [1.82, 2.24) is 15.2 Å². The molecular formula is C16H11N3O3S. The van der Waals surface area contributed by atoms with Gasteiger partial charge in [-0.1, -0.05) is 47.3 Å². The van der Waals surface area contributed by atoms with Crippen LogP contribution in [0.25, 0.3) is 21.8 Å². The second-order valence-corrected chi connectivity index (χ2v) is 6.52. The highest BCUT2D eigenvalue weighted by Crippen LogP contribution is 2.20. The van der Waals surface area contributed by atoms with Crippen LogP contribution in [0.15, 0.2) is 71.6 Å². The largest absolute Gasteiger partial charge is 0.358 e. The average molecular weight is 325 g/mol. The Morgan fingerprint density at radius 1 is 0.870 bits per heavy atom. The molecule has 3 aromatic carbocycles. The lowest BCUT2D eigenvalue weighted by Crippen LogP contribution is -2.21. The molecule has 0 bridgehead atoms. The zero-order valence-electron chi connectivity index (χ0n) is 11.8. The second kappa shape index (κ2) is 5.06. The molecule has 1 aromatic heterocycles. The Balaban J connectivity index is 1.77. The van der Waals surface area contributed by atoms with Crippen LogP contribution in [0.3, 0.4) is 0 Å². The fourth-order valence-electron chi connectivity index (χ4n) is 2.36. The minimum absolute atomic E-state index is 0.0655. The van der Waals surface area contributed by atoms with Crippen molar-refractivity contribution in [2.75, 3.05) is 0 Å². The molecule has 0 aliphatic heterocycles. The van der Waals surface area contributed by atoms with Crippen LogP contribution in [-0.4, -0.2) is 23.6 Å². The average Bonchev–Trinajstić information content (AvgIpc) is 2.97. The summed E-state index contributed by atoms with van der Waals surface area (Å²) in [5.74, 6) is 0. The maximum atomic E-state index is 12.5. The third kappa shape index (κ3) is 2.40. The lowest BCUT2D eigenvalue weighted by Gasteiger charge is -2.07. The molecule has 0 radical (unpaired) electrons. The molecule has 0 N–H and O–H groups in total. The van der Waals surface area contributed by atoms with E-state index in [0.717, 1.165) is 15.6 Å². The van der Waals surface area contributed by atoms with Crippen molar-refractivity contribution in [2.24, 2.45) is 0 Å². The number of benzene rings is 3. The summed E-state index contributed by atoms with van der Waals surface area (Å²) in [7, 11) is -4.01. The summed E-state index contributed by atoms with van der Waals surface area (Å²) in [6.07, 6.45) is 0. The minimum Gasteiger partial charge on any atom is -0.264 e. The molecule has 7 heteroatoms. The summed E-state index contributed by atoms with van der Waals surface area (Å²) in [6, 6.07) is 19.3. The van der Waals surface area contributed by atoms with Crippen LogP contribution >= 0.6 is 0 Å². The molecule has 1 heterocycles. The molecule has 114 valence electrons. The van der Waals surface area contributed by atoms with Gasteiger partial charge in [0.25, 0.3) is 0 Å². The van der Waals surface area contributed by atoms with Gasteiger partial charge in [0.05, 0.1) is 0 Å². The number of rotatable bonds is 3. The van der Waals surface area contributed by atoms with Gasteiger partial charge in [-0.2, -0.15) is 8.42 Å². The van der Waals surface area contributed by atoms with E-state index < -0.39 is 10.1 Å². The van der Waals surface area contributed by atoms with Crippen molar-refractivity contribution in [3.8, 4) is 0 Å². The van der Waals surface area contributed by atoms with Gasteiger partial charge in [0, 0.05) is 0 Å². The van der Waals surface area contributed by atoms with Crippen molar-refractivity contribution in [3.05, 3.63) is 66.7 Å². The summed E-state index contributed by atoms with van der Waals surface area (Å²) in [5, 5.41) is 9.38. The summed E-state index contributed by atoms with van der Waals surface area (Å²) < 4.78 is 30.1. The van der Waals surface area contributed by atoms with E-state index in [4.69, 9.17) is 4.28 Å². The number of hydrogen-bond acceptors (Lipinski definition) is 5. The molecule has 0 fully saturated rings. The van der Waals surface area contributed by atoms with Gasteiger partial charge in [0.15, 0.2) is 0 Å². The van der Waals surface area contributed by atoms with Crippen LogP contribution in [0.5, 0.6) is 0 Å². The monoisotopic (exact) mass is 325 g/mol. The molecule has 0 aliphatic rings. The van der Waals surface area contributed by atoms with Gasteiger partial charge in [0.2, 0.25) is 0 Å². The zero-order chi connectivity index (χ0) is 15.9. The predicted molar refractivity (Wildman–Crippen MR) is 85.2 cm³/mol. The first kappa shape index (κ1) is 13.7. The molecule has 0 spiro atoms. The third-order valence-corrected chi connectivity index (χ3v) is 4.67. The van der Waals surface area contributed by atoms with Crippen LogP contribution in [0.2, 0.25) is 0 Å². The highest BCUT2D eigenvalue weighted by molar-refractivity contribution is 7.87. The number of fused-ring (bicyclic) bond motifs is 2. The minimum atomic E-state index is -4.01. The quantitative estimate of drug-likeness (QED) is 0.578. The first-order chi connectivity index (χ1) is 11.1. The van der Waals surface area contributed by atoms with Gasteiger partial charge in [-0.05, 0) is 40.3 Å². The standard InChI is InChI=1S/C16H11N3O3S/c20-23(21,14-10-9-12-5-1-2-6-13(12)11-14)22-19-16-8-4-3-7-15(16)17-18-19/h1-11H. The van der Waals surface area contributed by atoms with E-state index in [0.29, 0.717) is 11.0 Å². The summed E-state index contributed by atoms with van der Waals surface area (Å²) in [6.45, 7) is 0. The first-order valence-corrected chi connectivity index (χ1v) is 8.28. The third-order valence-electron chi connectivity index (χ3n) is 3.50. The van der Waals surface area contributed by atoms with E-state index in [1.165, 1.54) is 6.07 Å². The molecule has 0 unspecified atom stereocenters. The lowest BCUT2D eigenvalue weighted by molar-refractivity contribution is 0.245. The van der Waals surface area contributed by atoms with Gasteiger partial charge in [-0.3, -0.25) is 4.28 Å². The maximum Gasteiger partial charge on any atom is 0.358 e. The van der Waals surface area contributed by atoms with Crippen molar-refractivity contribution >= 4 is 31.9 Å². The van der Waals surface area contributed by atoms with Crippen molar-refractivity contribution in [2.45, 2.75) is 4.90 Å². The SMILES string of the molecule is O=S(=O)(On1nnc2ccccc21)c1ccc2ccccc2c1. The Kier molecular flexibility index (Phi) is 3.02. The molecule has 6 nitrogen and oxygen atoms in total. The van der Waals surface area contributed by atoms with E-state index in [9.17, 15) is 8.42 Å². The maximum absolute atomic E-state index is 12.5. The highest BCUT2D eigenvalue weighted by Gasteiger charge is 2.19. The predicted octanol–water partition coefficient (Wildman–Crippen LogP) is 2.40. The molecule has 23 heavy (non-hydrogen) atoms. The van der Waals surface area contributed by atoms with Crippen LogP contribution in [-0.2, 0) is 10.1 Å². The Bertz CT molecular complexity index is 1120. The van der Waals surface area contributed by atoms with E-state index in [1.54, 1.807) is 36.4 Å². The second-order valence-electron chi connectivity index (χ2n) is 4.99. The topological polar surface area (TPSA) is 74.1 Å². The Hall–Kier alpha value is -2.93. The van der Waals surface area contributed by atoms with Gasteiger partial charge < -0.3 is 0 Å². The molecule has 4 rings (SSSR count). The molecule has 0 saturated heterocycles. The fraction of sp³-hybridized carbons (Fsp3) is 0. The van der Waals surface area contributed by atoms with Gasteiger partial charge >= 0.3 is 10.1 Å². The zero-order valence-corrected chi connectivity index (χ0v) is 12.6. The molecular weight excluding hydrogens is 314 g/mol. The molecule has 0 amide bonds. The molecule has 4 aromatic rings. The van der Waals surface area contributed by atoms with Gasteiger partial charge in [-0.15, -0.1) is 5.10 Å². The molecule has 0 saturated carbocycles. The van der Waals surface area contributed by atoms with E-state index >= 15 is 0 Å². The number of aromatic nitrogens is 3. The van der Waals surface area contributed by atoms with Crippen molar-refractivity contribution < 1.29 is 12.7 Å². The molecule has 0 aliphatic carbocycles. The van der Waals surface area contributed by atoms with Gasteiger partial charge in [0.1, 0.15) is 15.9 Å². The van der Waals surface area contributed by atoms with Gasteiger partial charge in [-0.25, -0.2) is 0 Å². The van der Waals surface area contributed by atoms with E-state index in [-0.39, 0.29) is 4.90 Å². The summed E-state index contributed by atoms with van der Waals surface area (Å²) in [4.78, 5) is 0.982. The number of para-hydroxylation sites is 1. The smallest absolute Gasteiger partial charge is 0.264 e. The lowest BCUT2D eigenvalue weighted by atomic mass is 10.1. The summed E-state index contributed by atoms with van der Waals surface area (Å²) in [5.41, 5.74) is 1.04. The van der Waals surface area contributed by atoms with Crippen LogP contribution in [0, 0.1) is 0 Å². The number of hydrogen-bond donors (Lipinski definition) is 0. The van der Waals surface area contributed by atoms with Crippen LogP contribution in [0.4, 0.5) is 0 Å². The Morgan fingerprint density at radius 3 is 2.48 bits per heavy atom. The molecule has 0 atom stereocenters. The normalized spacial score (nSPS) is 11.8. The Morgan fingerprint density at radius 2 is 1.61 bits per heavy atom. The highest BCUT2D eigenvalue weighted by atomic mass is 32.2. The van der Waals surface area contributed by atoms with Crippen LogP contribution < -0.4 is 4.28 Å².